The molecule has 0 aromatic carbocycles. The zero-order valence-electron chi connectivity index (χ0n) is 21.3. The van der Waals surface area contributed by atoms with Gasteiger partial charge in [0.05, 0.1) is 26.2 Å². The van der Waals surface area contributed by atoms with Crippen LogP contribution < -0.4 is 0 Å². The molecule has 0 radical (unpaired) electrons. The molecule has 0 aromatic heterocycles. The Morgan fingerprint density at radius 2 is 1.68 bits per heavy atom. The van der Waals surface area contributed by atoms with Gasteiger partial charge in [0.2, 0.25) is 0 Å². The Morgan fingerprint density at radius 1 is 0.941 bits per heavy atom. The molecule has 0 spiro atoms. The number of alkyl halides is 3. The normalized spacial score (nSPS) is 30.9. The van der Waals surface area contributed by atoms with Crippen LogP contribution in [0.5, 0.6) is 0 Å². The van der Waals surface area contributed by atoms with Crippen LogP contribution in [0.15, 0.2) is 0 Å². The third-order valence-electron chi connectivity index (χ3n) is 6.64. The van der Waals surface area contributed by atoms with E-state index < -0.39 is 38.8 Å². The minimum absolute atomic E-state index is 0.264. The molecule has 4 atom stereocenters. The molecule has 0 amide bonds. The lowest BCUT2D eigenvalue weighted by molar-refractivity contribution is -0.145. The molecule has 2 aliphatic rings. The monoisotopic (exact) mass is 546 g/mol. The molecule has 202 valence electrons. The van der Waals surface area contributed by atoms with E-state index in [1.165, 1.54) is 0 Å². The number of ether oxygens (including phenoxy) is 3. The minimum atomic E-state index is -4.16. The summed E-state index contributed by atoms with van der Waals surface area (Å²) in [5.74, 6) is 0. The summed E-state index contributed by atoms with van der Waals surface area (Å²) in [7, 11) is -6.32. The lowest BCUT2D eigenvalue weighted by Gasteiger charge is -2.40. The topological polar surface area (TPSA) is 58.7 Å². The van der Waals surface area contributed by atoms with Crippen molar-refractivity contribution in [3.63, 3.8) is 0 Å². The van der Waals surface area contributed by atoms with Gasteiger partial charge in [0.15, 0.2) is 8.32 Å². The molecule has 2 rings (SSSR count). The largest absolute Gasteiger partial charge is 0.438 e. The number of epoxide rings is 1. The van der Waals surface area contributed by atoms with Gasteiger partial charge >= 0.3 is 24.0 Å². The van der Waals surface area contributed by atoms with Crippen LogP contribution in [0.3, 0.4) is 0 Å². The summed E-state index contributed by atoms with van der Waals surface area (Å²) in [5, 5.41) is 0. The van der Waals surface area contributed by atoms with Crippen LogP contribution >= 0.6 is 0 Å². The molecule has 0 aromatic rings. The van der Waals surface area contributed by atoms with Gasteiger partial charge in [0.1, 0.15) is 6.10 Å². The Balaban J connectivity index is 1.90. The van der Waals surface area contributed by atoms with Crippen LogP contribution in [0.1, 0.15) is 52.9 Å². The molecule has 2 fully saturated rings. The number of rotatable bonds is 15. The van der Waals surface area contributed by atoms with Crippen molar-refractivity contribution < 1.29 is 40.0 Å². The van der Waals surface area contributed by atoms with E-state index in [9.17, 15) is 13.2 Å². The SMILES string of the molecule is CC[SiH]1O[Si](CC)(CCCOCCC(F)(F)F)CCCCO[Si](CC)(CCCOCC2CO2)O1. The zero-order chi connectivity index (χ0) is 24.9. The van der Waals surface area contributed by atoms with Crippen LogP contribution in [0.4, 0.5) is 13.2 Å². The van der Waals surface area contributed by atoms with Gasteiger partial charge in [-0.15, -0.1) is 0 Å². The van der Waals surface area contributed by atoms with E-state index in [1.54, 1.807) is 0 Å². The van der Waals surface area contributed by atoms with E-state index in [2.05, 4.69) is 20.8 Å². The highest BCUT2D eigenvalue weighted by molar-refractivity contribution is 6.82. The lowest BCUT2D eigenvalue weighted by Crippen LogP contribution is -2.52. The molecule has 4 unspecified atom stereocenters. The van der Waals surface area contributed by atoms with Crippen molar-refractivity contribution >= 4 is 26.2 Å². The summed E-state index contributed by atoms with van der Waals surface area (Å²) in [6, 6.07) is 5.68. The van der Waals surface area contributed by atoms with Crippen molar-refractivity contribution in [3.8, 4) is 0 Å². The van der Waals surface area contributed by atoms with Crippen molar-refractivity contribution in [1.29, 1.82) is 0 Å². The Hall–Kier alpha value is 0.201. The summed E-state index contributed by atoms with van der Waals surface area (Å²) >= 11 is 0. The van der Waals surface area contributed by atoms with E-state index >= 15 is 0 Å². The highest BCUT2D eigenvalue weighted by Gasteiger charge is 2.42. The second-order valence-electron chi connectivity index (χ2n) is 9.39. The molecule has 0 aliphatic carbocycles. The van der Waals surface area contributed by atoms with Gasteiger partial charge in [-0.3, -0.25) is 0 Å². The maximum absolute atomic E-state index is 12.3. The molecule has 2 heterocycles. The molecule has 34 heavy (non-hydrogen) atoms. The van der Waals surface area contributed by atoms with Gasteiger partial charge < -0.3 is 26.9 Å². The van der Waals surface area contributed by atoms with Crippen LogP contribution in [0.2, 0.25) is 36.3 Å². The summed E-state index contributed by atoms with van der Waals surface area (Å²) in [5.41, 5.74) is 0. The van der Waals surface area contributed by atoms with Crippen LogP contribution in [0.25, 0.3) is 0 Å². The quantitative estimate of drug-likeness (QED) is 0.150. The first-order chi connectivity index (χ1) is 16.3. The maximum atomic E-state index is 12.3. The highest BCUT2D eigenvalue weighted by atomic mass is 28.5. The van der Waals surface area contributed by atoms with Crippen LogP contribution in [-0.2, 0) is 26.9 Å². The fraction of sp³-hybridized carbons (Fsp3) is 1.00. The Kier molecular flexibility index (Phi) is 13.8. The van der Waals surface area contributed by atoms with Crippen molar-refractivity contribution in [2.45, 2.75) is 101 Å². The standard InChI is InChI=1S/C22H45F3O6Si3/c1-4-32-30-33(5-2,17-9-12-26-15-11-22(23,24)25)16-8-7-14-29-34(6-3,31-32)18-10-13-27-19-21-20-28-21/h21,32H,4-20H2,1-3H3. The average molecular weight is 547 g/mol. The van der Waals surface area contributed by atoms with E-state index in [0.29, 0.717) is 19.8 Å². The molecule has 0 bridgehead atoms. The predicted molar refractivity (Wildman–Crippen MR) is 133 cm³/mol. The van der Waals surface area contributed by atoms with Crippen molar-refractivity contribution in [2.75, 3.05) is 39.6 Å². The maximum Gasteiger partial charge on any atom is 0.391 e. The second kappa shape index (κ2) is 15.5. The third-order valence-corrected chi connectivity index (χ3v) is 19.9. The summed E-state index contributed by atoms with van der Waals surface area (Å²) in [6.45, 7) is 9.51. The van der Waals surface area contributed by atoms with Gasteiger partial charge in [-0.2, -0.15) is 13.2 Å². The van der Waals surface area contributed by atoms with Gasteiger partial charge in [-0.05, 0) is 55.5 Å². The van der Waals surface area contributed by atoms with Crippen LogP contribution in [-0.4, -0.2) is 78.1 Å². The van der Waals surface area contributed by atoms with Crippen molar-refractivity contribution in [2.24, 2.45) is 0 Å². The fourth-order valence-corrected chi connectivity index (χ4v) is 18.0. The molecule has 0 saturated carbocycles. The summed E-state index contributed by atoms with van der Waals surface area (Å²) in [4.78, 5) is 0. The Bertz CT molecular complexity index is 558. The van der Waals surface area contributed by atoms with Crippen molar-refractivity contribution in [1.82, 2.24) is 0 Å². The van der Waals surface area contributed by atoms with E-state index in [-0.39, 0.29) is 12.7 Å². The molecule has 2 aliphatic heterocycles. The number of hydrogen-bond acceptors (Lipinski definition) is 6. The van der Waals surface area contributed by atoms with Crippen LogP contribution in [0, 0.1) is 0 Å². The van der Waals surface area contributed by atoms with Gasteiger partial charge in [-0.25, -0.2) is 0 Å². The van der Waals surface area contributed by atoms with Gasteiger partial charge in [-0.1, -0.05) is 27.2 Å². The number of halogens is 3. The van der Waals surface area contributed by atoms with E-state index in [1.807, 2.05) is 0 Å². The molecule has 6 nitrogen and oxygen atoms in total. The number of hydrogen-bond donors (Lipinski definition) is 0. The van der Waals surface area contributed by atoms with Gasteiger partial charge in [0.25, 0.3) is 0 Å². The molecule has 12 heteroatoms. The first kappa shape index (κ1) is 30.4. The molecule has 0 N–H and O–H groups in total. The summed E-state index contributed by atoms with van der Waals surface area (Å²) < 4.78 is 73.4. The Morgan fingerprint density at radius 3 is 2.32 bits per heavy atom. The highest BCUT2D eigenvalue weighted by Crippen LogP contribution is 2.32. The third kappa shape index (κ3) is 12.0. The fourth-order valence-electron chi connectivity index (χ4n) is 4.33. The smallest absolute Gasteiger partial charge is 0.391 e. The zero-order valence-corrected chi connectivity index (χ0v) is 24.4. The second-order valence-corrected chi connectivity index (χ2v) is 20.3. The van der Waals surface area contributed by atoms with Gasteiger partial charge in [0, 0.05) is 19.8 Å². The predicted octanol–water partition coefficient (Wildman–Crippen LogP) is 5.66. The average Bonchev–Trinajstić information content (AvgIpc) is 3.63. The first-order valence-electron chi connectivity index (χ1n) is 13.1. The molecular weight excluding hydrogens is 501 g/mol. The Labute approximate surface area is 207 Å². The summed E-state index contributed by atoms with van der Waals surface area (Å²) in [6.07, 6.45) is -1.04. The first-order valence-corrected chi connectivity index (χ1v) is 19.6. The molecule has 2 saturated heterocycles. The minimum Gasteiger partial charge on any atom is -0.438 e. The van der Waals surface area contributed by atoms with E-state index in [0.717, 1.165) is 75.2 Å². The lowest BCUT2D eigenvalue weighted by atomic mass is 10.4. The van der Waals surface area contributed by atoms with E-state index in [4.69, 9.17) is 26.9 Å². The van der Waals surface area contributed by atoms with Crippen molar-refractivity contribution in [3.05, 3.63) is 0 Å². The molecular formula is C22H45F3O6Si3.